The molecule has 1 aliphatic carbocycles. The highest BCUT2D eigenvalue weighted by Gasteiger charge is 2.25. The van der Waals surface area contributed by atoms with Gasteiger partial charge in [-0.25, -0.2) is 0 Å². The molecule has 0 amide bonds. The summed E-state index contributed by atoms with van der Waals surface area (Å²) in [6.07, 6.45) is 0.559. The summed E-state index contributed by atoms with van der Waals surface area (Å²) in [5.41, 5.74) is 4.80. The minimum Gasteiger partial charge on any atom is -0.308 e. The zero-order chi connectivity index (χ0) is 12.5. The normalized spacial score (nSPS) is 17.3. The van der Waals surface area contributed by atoms with Gasteiger partial charge in [-0.3, -0.25) is 0 Å². The van der Waals surface area contributed by atoms with E-state index in [1.165, 1.54) is 0 Å². The second kappa shape index (κ2) is 4.12. The first-order chi connectivity index (χ1) is 8.81. The van der Waals surface area contributed by atoms with Crippen molar-refractivity contribution in [3.05, 3.63) is 59.7 Å². The summed E-state index contributed by atoms with van der Waals surface area (Å²) in [7, 11) is 0. The maximum absolute atomic E-state index is 9.32. The maximum Gasteiger partial charge on any atom is 0.110 e. The third-order valence-electron chi connectivity index (χ3n) is 3.44. The van der Waals surface area contributed by atoms with Crippen LogP contribution >= 0.6 is 0 Å². The number of nitrogens with zero attached hydrogens (tertiary/aromatic N) is 1. The van der Waals surface area contributed by atoms with Crippen LogP contribution in [0.15, 0.2) is 48.5 Å². The third kappa shape index (κ3) is 1.53. The van der Waals surface area contributed by atoms with E-state index >= 15 is 0 Å². The zero-order valence-electron chi connectivity index (χ0n) is 9.85. The largest absolute Gasteiger partial charge is 0.308 e. The monoisotopic (exact) mass is 232 g/mol. The summed E-state index contributed by atoms with van der Waals surface area (Å²) in [6.45, 7) is 0. The molecule has 3 rings (SSSR count). The van der Waals surface area contributed by atoms with Gasteiger partial charge >= 0.3 is 0 Å². The fourth-order valence-electron chi connectivity index (χ4n) is 2.57. The van der Waals surface area contributed by atoms with Crippen molar-refractivity contribution in [1.29, 1.82) is 10.7 Å². The molecule has 2 aromatic carbocycles. The minimum absolute atomic E-state index is 0.423. The standard InChI is InChI=1S/C16H12N2/c17-10-15-14-8-4-3-7-13(14)12-6-2-1-5-11(12)9-16(15)18/h1-8,15,18H,9H2/t15-/m0/s1. The van der Waals surface area contributed by atoms with Crippen LogP contribution in [0.4, 0.5) is 0 Å². The first kappa shape index (κ1) is 10.7. The van der Waals surface area contributed by atoms with Crippen LogP contribution in [-0.4, -0.2) is 5.71 Å². The molecule has 0 heterocycles. The molecule has 18 heavy (non-hydrogen) atoms. The molecule has 86 valence electrons. The Morgan fingerprint density at radius 3 is 2.44 bits per heavy atom. The summed E-state index contributed by atoms with van der Waals surface area (Å²) in [5.74, 6) is -0.423. The molecule has 0 radical (unpaired) electrons. The van der Waals surface area contributed by atoms with E-state index in [0.717, 1.165) is 22.3 Å². The topological polar surface area (TPSA) is 47.6 Å². The van der Waals surface area contributed by atoms with Crippen LogP contribution in [0, 0.1) is 16.7 Å². The predicted octanol–water partition coefficient (Wildman–Crippen LogP) is 3.54. The van der Waals surface area contributed by atoms with Crippen LogP contribution in [0.1, 0.15) is 17.0 Å². The van der Waals surface area contributed by atoms with E-state index in [1.807, 2.05) is 42.5 Å². The molecule has 0 saturated carbocycles. The zero-order valence-corrected chi connectivity index (χ0v) is 9.85. The van der Waals surface area contributed by atoms with Crippen molar-refractivity contribution in [3.63, 3.8) is 0 Å². The number of fused-ring (bicyclic) bond motifs is 3. The Bertz CT molecular complexity index is 665. The second-order valence-corrected chi connectivity index (χ2v) is 4.51. The van der Waals surface area contributed by atoms with Crippen molar-refractivity contribution >= 4 is 5.71 Å². The van der Waals surface area contributed by atoms with Crippen LogP contribution in [0.3, 0.4) is 0 Å². The molecule has 1 N–H and O–H groups in total. The fourth-order valence-corrected chi connectivity index (χ4v) is 2.57. The highest BCUT2D eigenvalue weighted by atomic mass is 14.5. The van der Waals surface area contributed by atoms with E-state index in [2.05, 4.69) is 12.1 Å². The van der Waals surface area contributed by atoms with Gasteiger partial charge in [0.25, 0.3) is 0 Å². The summed E-state index contributed by atoms with van der Waals surface area (Å²) in [4.78, 5) is 0. The number of hydrogen-bond acceptors (Lipinski definition) is 2. The van der Waals surface area contributed by atoms with Crippen molar-refractivity contribution in [2.45, 2.75) is 12.3 Å². The number of benzene rings is 2. The van der Waals surface area contributed by atoms with Gasteiger partial charge < -0.3 is 5.41 Å². The van der Waals surface area contributed by atoms with Gasteiger partial charge in [0.15, 0.2) is 0 Å². The molecule has 0 spiro atoms. The first-order valence-corrected chi connectivity index (χ1v) is 5.95. The summed E-state index contributed by atoms with van der Waals surface area (Å²) in [6, 6.07) is 18.3. The quantitative estimate of drug-likeness (QED) is 0.742. The number of nitriles is 1. The molecular formula is C16H12N2. The van der Waals surface area contributed by atoms with Gasteiger partial charge in [0.2, 0.25) is 0 Å². The van der Waals surface area contributed by atoms with Crippen molar-refractivity contribution in [2.75, 3.05) is 0 Å². The predicted molar refractivity (Wildman–Crippen MR) is 71.7 cm³/mol. The maximum atomic E-state index is 9.32. The van der Waals surface area contributed by atoms with Crippen LogP contribution in [0.5, 0.6) is 0 Å². The Balaban J connectivity index is 2.34. The Hall–Kier alpha value is -2.40. The van der Waals surface area contributed by atoms with Crippen LogP contribution in [-0.2, 0) is 6.42 Å². The Morgan fingerprint density at radius 2 is 1.67 bits per heavy atom. The lowest BCUT2D eigenvalue weighted by molar-refractivity contribution is 1.09. The fraction of sp³-hybridized carbons (Fsp3) is 0.125. The Labute approximate surface area is 106 Å². The van der Waals surface area contributed by atoms with Crippen molar-refractivity contribution in [3.8, 4) is 17.2 Å². The van der Waals surface area contributed by atoms with Crippen LogP contribution < -0.4 is 0 Å². The Morgan fingerprint density at radius 1 is 1.00 bits per heavy atom. The highest BCUT2D eigenvalue weighted by Crippen LogP contribution is 2.36. The SMILES string of the molecule is N#C[C@@H]1C(=N)Cc2ccccc2-c2ccccc21. The number of nitrogens with one attached hydrogen (secondary N) is 1. The van der Waals surface area contributed by atoms with Crippen molar-refractivity contribution < 1.29 is 0 Å². The van der Waals surface area contributed by atoms with Gasteiger partial charge in [-0.1, -0.05) is 48.5 Å². The lowest BCUT2D eigenvalue weighted by atomic mass is 9.91. The molecule has 0 unspecified atom stereocenters. The molecule has 2 nitrogen and oxygen atoms in total. The second-order valence-electron chi connectivity index (χ2n) is 4.51. The van der Waals surface area contributed by atoms with Gasteiger partial charge in [0, 0.05) is 12.1 Å². The molecule has 2 aromatic rings. The lowest BCUT2D eigenvalue weighted by Gasteiger charge is -2.10. The van der Waals surface area contributed by atoms with E-state index in [9.17, 15) is 5.26 Å². The third-order valence-corrected chi connectivity index (χ3v) is 3.44. The molecule has 1 aliphatic rings. The van der Waals surface area contributed by atoms with E-state index in [0.29, 0.717) is 12.1 Å². The lowest BCUT2D eigenvalue weighted by Crippen LogP contribution is -2.10. The van der Waals surface area contributed by atoms with E-state index < -0.39 is 5.92 Å². The van der Waals surface area contributed by atoms with Gasteiger partial charge in [0.1, 0.15) is 5.92 Å². The number of hydrogen-bond donors (Lipinski definition) is 1. The van der Waals surface area contributed by atoms with E-state index in [-0.39, 0.29) is 0 Å². The average molecular weight is 232 g/mol. The molecular weight excluding hydrogens is 220 g/mol. The number of rotatable bonds is 0. The molecule has 2 heteroatoms. The summed E-state index contributed by atoms with van der Waals surface area (Å²) < 4.78 is 0. The van der Waals surface area contributed by atoms with Gasteiger partial charge in [-0.05, 0) is 22.3 Å². The van der Waals surface area contributed by atoms with E-state index in [4.69, 9.17) is 5.41 Å². The average Bonchev–Trinajstić information content (AvgIpc) is 2.52. The van der Waals surface area contributed by atoms with Crippen LogP contribution in [0.25, 0.3) is 11.1 Å². The Kier molecular flexibility index (Phi) is 2.46. The minimum atomic E-state index is -0.423. The van der Waals surface area contributed by atoms with Crippen molar-refractivity contribution in [2.24, 2.45) is 0 Å². The smallest absolute Gasteiger partial charge is 0.110 e. The molecule has 0 saturated heterocycles. The van der Waals surface area contributed by atoms with Crippen LogP contribution in [0.2, 0.25) is 0 Å². The first-order valence-electron chi connectivity index (χ1n) is 5.95. The van der Waals surface area contributed by atoms with Gasteiger partial charge in [-0.15, -0.1) is 0 Å². The van der Waals surface area contributed by atoms with E-state index in [1.54, 1.807) is 0 Å². The molecule has 0 bridgehead atoms. The van der Waals surface area contributed by atoms with Gasteiger partial charge in [0.05, 0.1) is 6.07 Å². The summed E-state index contributed by atoms with van der Waals surface area (Å²) in [5, 5.41) is 17.4. The molecule has 0 aromatic heterocycles. The summed E-state index contributed by atoms with van der Waals surface area (Å²) >= 11 is 0. The van der Waals surface area contributed by atoms with Crippen molar-refractivity contribution in [1.82, 2.24) is 0 Å². The van der Waals surface area contributed by atoms with Gasteiger partial charge in [-0.2, -0.15) is 5.26 Å². The molecule has 0 aliphatic heterocycles. The highest BCUT2D eigenvalue weighted by molar-refractivity contribution is 5.97. The molecule has 1 atom stereocenters. The molecule has 0 fully saturated rings.